The molecule has 1 heteroatoms. The smallest absolute Gasteiger partial charge is 0.00695 e. The topological polar surface area (TPSA) is 0 Å². The Hall–Kier alpha value is 0.350. The zero-order valence-electron chi connectivity index (χ0n) is 4.72. The Kier molecular flexibility index (Phi) is 1.63. The molecule has 1 aliphatic rings. The molecule has 0 amide bonds. The molecule has 0 spiro atoms. The van der Waals surface area contributed by atoms with Gasteiger partial charge in [0.2, 0.25) is 0 Å². The molecule has 1 saturated carbocycles. The molecule has 0 heterocycles. The van der Waals surface area contributed by atoms with Crippen molar-refractivity contribution < 1.29 is 0 Å². The lowest BCUT2D eigenvalue weighted by atomic mass is 10.1. The molecule has 0 nitrogen and oxygen atoms in total. The van der Waals surface area contributed by atoms with Crippen molar-refractivity contribution in [2.45, 2.75) is 19.8 Å². The fourth-order valence-electron chi connectivity index (χ4n) is 0.814. The fourth-order valence-corrected chi connectivity index (χ4v) is 1.11. The van der Waals surface area contributed by atoms with Gasteiger partial charge in [-0.05, 0) is 30.4 Å². The van der Waals surface area contributed by atoms with Crippen LogP contribution in [0.3, 0.4) is 0 Å². The summed E-state index contributed by atoms with van der Waals surface area (Å²) in [6.07, 6.45) is 2.92. The van der Waals surface area contributed by atoms with E-state index in [1.54, 1.807) is 0 Å². The molecule has 1 fully saturated rings. The quantitative estimate of drug-likeness (QED) is 0.524. The largest absolute Gasteiger partial charge is 0.179 e. The lowest BCUT2D eigenvalue weighted by Crippen LogP contribution is -1.96. The highest BCUT2D eigenvalue weighted by molar-refractivity contribution is 7.80. The molecule has 1 aliphatic carbocycles. The summed E-state index contributed by atoms with van der Waals surface area (Å²) >= 11 is 4.19. The van der Waals surface area contributed by atoms with Crippen LogP contribution in [0.2, 0.25) is 0 Å². The van der Waals surface area contributed by atoms with Crippen LogP contribution in [0.15, 0.2) is 0 Å². The van der Waals surface area contributed by atoms with Gasteiger partial charge in [0.15, 0.2) is 0 Å². The minimum atomic E-state index is 0.878. The van der Waals surface area contributed by atoms with E-state index in [2.05, 4.69) is 19.6 Å². The SMILES string of the molecule is CC(CS)C1CC1. The van der Waals surface area contributed by atoms with Crippen LogP contribution in [0.25, 0.3) is 0 Å². The van der Waals surface area contributed by atoms with Gasteiger partial charge in [0.05, 0.1) is 0 Å². The summed E-state index contributed by atoms with van der Waals surface area (Å²) in [7, 11) is 0. The number of hydrogen-bond acceptors (Lipinski definition) is 1. The van der Waals surface area contributed by atoms with Gasteiger partial charge in [0.25, 0.3) is 0 Å². The summed E-state index contributed by atoms with van der Waals surface area (Å²) in [6.45, 7) is 2.28. The highest BCUT2D eigenvalue weighted by Gasteiger charge is 2.26. The number of rotatable bonds is 2. The van der Waals surface area contributed by atoms with Gasteiger partial charge in [-0.25, -0.2) is 0 Å². The molecule has 0 radical (unpaired) electrons. The van der Waals surface area contributed by atoms with Crippen molar-refractivity contribution in [3.05, 3.63) is 0 Å². The van der Waals surface area contributed by atoms with Crippen molar-refractivity contribution in [2.75, 3.05) is 5.75 Å². The van der Waals surface area contributed by atoms with Crippen LogP contribution >= 0.6 is 12.6 Å². The Morgan fingerprint density at radius 2 is 2.29 bits per heavy atom. The highest BCUT2D eigenvalue weighted by Crippen LogP contribution is 2.36. The Balaban J connectivity index is 2.10. The van der Waals surface area contributed by atoms with Crippen molar-refractivity contribution in [2.24, 2.45) is 11.8 Å². The summed E-state index contributed by atoms with van der Waals surface area (Å²) in [5, 5.41) is 0. The Labute approximate surface area is 50.7 Å². The van der Waals surface area contributed by atoms with Crippen LogP contribution in [-0.4, -0.2) is 5.75 Å². The van der Waals surface area contributed by atoms with Crippen LogP contribution < -0.4 is 0 Å². The molecule has 0 aromatic rings. The first-order valence-corrected chi connectivity index (χ1v) is 3.58. The first kappa shape index (κ1) is 5.49. The van der Waals surface area contributed by atoms with Crippen molar-refractivity contribution in [3.8, 4) is 0 Å². The maximum Gasteiger partial charge on any atom is -0.00695 e. The number of thiol groups is 1. The van der Waals surface area contributed by atoms with Crippen LogP contribution in [0, 0.1) is 11.8 Å². The van der Waals surface area contributed by atoms with Crippen molar-refractivity contribution >= 4 is 12.6 Å². The second-order valence-corrected chi connectivity index (χ2v) is 2.86. The maximum absolute atomic E-state index is 4.19. The molecule has 0 N–H and O–H groups in total. The Bertz CT molecular complexity index is 57.2. The molecule has 0 saturated heterocycles. The normalized spacial score (nSPS) is 24.9. The second-order valence-electron chi connectivity index (χ2n) is 2.50. The van der Waals surface area contributed by atoms with Crippen molar-refractivity contribution in [1.82, 2.24) is 0 Å². The predicted molar refractivity (Wildman–Crippen MR) is 35.7 cm³/mol. The average Bonchev–Trinajstić information content (AvgIpc) is 2.44. The molecule has 0 aromatic carbocycles. The van der Waals surface area contributed by atoms with Crippen LogP contribution in [-0.2, 0) is 0 Å². The average molecular weight is 116 g/mol. The van der Waals surface area contributed by atoms with E-state index in [-0.39, 0.29) is 0 Å². The van der Waals surface area contributed by atoms with E-state index in [0.717, 1.165) is 17.6 Å². The van der Waals surface area contributed by atoms with E-state index in [4.69, 9.17) is 0 Å². The van der Waals surface area contributed by atoms with Gasteiger partial charge in [-0.1, -0.05) is 6.92 Å². The Morgan fingerprint density at radius 3 is 2.43 bits per heavy atom. The summed E-state index contributed by atoms with van der Waals surface area (Å²) in [6, 6.07) is 0. The van der Waals surface area contributed by atoms with Gasteiger partial charge in [-0.3, -0.25) is 0 Å². The maximum atomic E-state index is 4.19. The molecule has 42 valence electrons. The molecular weight excluding hydrogens is 104 g/mol. The first-order valence-electron chi connectivity index (χ1n) is 2.95. The zero-order valence-corrected chi connectivity index (χ0v) is 5.62. The van der Waals surface area contributed by atoms with Gasteiger partial charge in [0.1, 0.15) is 0 Å². The molecule has 1 unspecified atom stereocenters. The first-order chi connectivity index (χ1) is 3.34. The van der Waals surface area contributed by atoms with E-state index in [1.807, 2.05) is 0 Å². The van der Waals surface area contributed by atoms with Crippen LogP contribution in [0.5, 0.6) is 0 Å². The van der Waals surface area contributed by atoms with Crippen molar-refractivity contribution in [3.63, 3.8) is 0 Å². The van der Waals surface area contributed by atoms with E-state index in [9.17, 15) is 0 Å². The summed E-state index contributed by atoms with van der Waals surface area (Å²) in [5.74, 6) is 2.99. The third kappa shape index (κ3) is 1.37. The lowest BCUT2D eigenvalue weighted by Gasteiger charge is -2.01. The summed E-state index contributed by atoms with van der Waals surface area (Å²) in [5.41, 5.74) is 0. The molecule has 1 atom stereocenters. The molecule has 7 heavy (non-hydrogen) atoms. The predicted octanol–water partition coefficient (Wildman–Crippen LogP) is 1.96. The minimum Gasteiger partial charge on any atom is -0.179 e. The third-order valence-corrected chi connectivity index (χ3v) is 2.29. The zero-order chi connectivity index (χ0) is 5.28. The van der Waals surface area contributed by atoms with E-state index in [1.165, 1.54) is 12.8 Å². The molecule has 0 bridgehead atoms. The standard InChI is InChI=1S/C6H12S/c1-5(4-7)6-2-3-6/h5-7H,2-4H2,1H3. The monoisotopic (exact) mass is 116 g/mol. The van der Waals surface area contributed by atoms with Gasteiger partial charge < -0.3 is 0 Å². The van der Waals surface area contributed by atoms with E-state index in [0.29, 0.717) is 0 Å². The highest BCUT2D eigenvalue weighted by atomic mass is 32.1. The van der Waals surface area contributed by atoms with Gasteiger partial charge >= 0.3 is 0 Å². The van der Waals surface area contributed by atoms with Crippen molar-refractivity contribution in [1.29, 1.82) is 0 Å². The molecule has 0 aromatic heterocycles. The second kappa shape index (κ2) is 2.08. The van der Waals surface area contributed by atoms with E-state index < -0.39 is 0 Å². The number of hydrogen-bond donors (Lipinski definition) is 1. The lowest BCUT2D eigenvalue weighted by molar-refractivity contribution is 0.575. The van der Waals surface area contributed by atoms with Crippen LogP contribution in [0.4, 0.5) is 0 Å². The van der Waals surface area contributed by atoms with Gasteiger partial charge in [-0.2, -0.15) is 12.6 Å². The fraction of sp³-hybridized carbons (Fsp3) is 1.00. The van der Waals surface area contributed by atoms with Gasteiger partial charge in [0, 0.05) is 0 Å². The van der Waals surface area contributed by atoms with Gasteiger partial charge in [-0.15, -0.1) is 0 Å². The summed E-state index contributed by atoms with van der Waals surface area (Å²) < 4.78 is 0. The summed E-state index contributed by atoms with van der Waals surface area (Å²) in [4.78, 5) is 0. The third-order valence-electron chi connectivity index (χ3n) is 1.71. The van der Waals surface area contributed by atoms with Crippen LogP contribution in [0.1, 0.15) is 19.8 Å². The molecule has 1 rings (SSSR count). The van der Waals surface area contributed by atoms with E-state index >= 15 is 0 Å². The molecular formula is C6H12S. The minimum absolute atomic E-state index is 0.878. The Morgan fingerprint density at radius 1 is 1.71 bits per heavy atom. The molecule has 0 aliphatic heterocycles.